The van der Waals surface area contributed by atoms with Crippen LogP contribution in [0.25, 0.3) is 5.52 Å². The lowest BCUT2D eigenvalue weighted by molar-refractivity contribution is 0.131. The van der Waals surface area contributed by atoms with E-state index in [0.29, 0.717) is 18.4 Å². The first-order valence-electron chi connectivity index (χ1n) is 11.4. The van der Waals surface area contributed by atoms with Crippen molar-refractivity contribution in [3.05, 3.63) is 60.2 Å². The Labute approximate surface area is 183 Å². The fourth-order valence-corrected chi connectivity index (χ4v) is 4.72. The molecule has 2 aromatic heterocycles. The maximum absolute atomic E-state index is 6.61. The Hall–Kier alpha value is -2.57. The van der Waals surface area contributed by atoms with Gasteiger partial charge in [-0.3, -0.25) is 0 Å². The van der Waals surface area contributed by atoms with Gasteiger partial charge in [-0.1, -0.05) is 19.9 Å². The number of aromatic nitrogens is 2. The highest BCUT2D eigenvalue weighted by atomic mass is 16.5. The van der Waals surface area contributed by atoms with Gasteiger partial charge in [-0.15, -0.1) is 0 Å². The summed E-state index contributed by atoms with van der Waals surface area (Å²) in [4.78, 5) is 4.73. The van der Waals surface area contributed by atoms with Gasteiger partial charge in [0.05, 0.1) is 18.6 Å². The second-order valence-electron chi connectivity index (χ2n) is 8.62. The smallest absolute Gasteiger partial charge is 0.155 e. The van der Waals surface area contributed by atoms with E-state index in [1.54, 1.807) is 0 Å². The number of fused-ring (bicyclic) bond motifs is 3. The molecule has 3 aromatic rings. The summed E-state index contributed by atoms with van der Waals surface area (Å²) in [5.41, 5.74) is 3.14. The van der Waals surface area contributed by atoms with Crippen molar-refractivity contribution in [3.8, 4) is 11.5 Å². The SMILES string of the molecule is CCCOCCNCCOc1ccc2c(c1)OC1(c3cc4cccn4cn3)CC1C2C. The Morgan fingerprint density at radius 1 is 1.19 bits per heavy atom. The van der Waals surface area contributed by atoms with E-state index in [0.717, 1.165) is 61.9 Å². The number of hydrogen-bond acceptors (Lipinski definition) is 5. The Bertz CT molecular complexity index is 1050. The van der Waals surface area contributed by atoms with E-state index in [-0.39, 0.29) is 5.60 Å². The van der Waals surface area contributed by atoms with Gasteiger partial charge >= 0.3 is 0 Å². The van der Waals surface area contributed by atoms with Crippen molar-refractivity contribution in [2.45, 2.75) is 38.2 Å². The average Bonchev–Trinajstić information content (AvgIpc) is 3.34. The molecule has 5 rings (SSSR count). The van der Waals surface area contributed by atoms with Crippen LogP contribution in [0.2, 0.25) is 0 Å². The second-order valence-corrected chi connectivity index (χ2v) is 8.62. The molecule has 1 N–H and O–H groups in total. The van der Waals surface area contributed by atoms with Gasteiger partial charge in [0.15, 0.2) is 5.60 Å². The van der Waals surface area contributed by atoms with Crippen molar-refractivity contribution in [2.75, 3.05) is 32.9 Å². The molecule has 0 saturated heterocycles. The summed E-state index contributed by atoms with van der Waals surface area (Å²) in [5.74, 6) is 2.68. The molecule has 1 fully saturated rings. The van der Waals surface area contributed by atoms with Gasteiger partial charge in [0.1, 0.15) is 18.1 Å². The van der Waals surface area contributed by atoms with Crippen molar-refractivity contribution >= 4 is 5.52 Å². The predicted molar refractivity (Wildman–Crippen MR) is 120 cm³/mol. The maximum atomic E-state index is 6.61. The van der Waals surface area contributed by atoms with Crippen molar-refractivity contribution in [1.29, 1.82) is 0 Å². The molecule has 31 heavy (non-hydrogen) atoms. The third kappa shape index (κ3) is 3.90. The lowest BCUT2D eigenvalue weighted by Crippen LogP contribution is -2.27. The Morgan fingerprint density at radius 2 is 2.10 bits per heavy atom. The summed E-state index contributed by atoms with van der Waals surface area (Å²) in [6.45, 7) is 8.23. The fraction of sp³-hybridized carbons (Fsp3) is 0.480. The molecular weight excluding hydrogens is 390 g/mol. The van der Waals surface area contributed by atoms with Crippen LogP contribution in [0.5, 0.6) is 11.5 Å². The van der Waals surface area contributed by atoms with Crippen molar-refractivity contribution in [3.63, 3.8) is 0 Å². The summed E-state index contributed by atoms with van der Waals surface area (Å²) in [7, 11) is 0. The van der Waals surface area contributed by atoms with E-state index in [1.165, 1.54) is 5.56 Å². The normalized spacial score (nSPS) is 23.8. The summed E-state index contributed by atoms with van der Waals surface area (Å²) in [6, 6.07) is 12.6. The Balaban J connectivity index is 1.23. The summed E-state index contributed by atoms with van der Waals surface area (Å²) in [6.07, 6.45) is 5.97. The number of nitrogens with zero attached hydrogens (tertiary/aromatic N) is 2. The molecule has 6 nitrogen and oxygen atoms in total. The maximum Gasteiger partial charge on any atom is 0.155 e. The van der Waals surface area contributed by atoms with Crippen molar-refractivity contribution in [1.82, 2.24) is 14.7 Å². The number of ether oxygens (including phenoxy) is 3. The van der Waals surface area contributed by atoms with Crippen molar-refractivity contribution in [2.24, 2.45) is 5.92 Å². The van der Waals surface area contributed by atoms with Crippen LogP contribution in [0.1, 0.15) is 43.9 Å². The minimum absolute atomic E-state index is 0.308. The third-order valence-corrected chi connectivity index (χ3v) is 6.50. The molecule has 6 heteroatoms. The van der Waals surface area contributed by atoms with E-state index in [4.69, 9.17) is 19.2 Å². The second kappa shape index (κ2) is 8.52. The zero-order valence-electron chi connectivity index (χ0n) is 18.3. The minimum atomic E-state index is -0.308. The van der Waals surface area contributed by atoms with E-state index < -0.39 is 0 Å². The van der Waals surface area contributed by atoms with Crippen LogP contribution in [0.15, 0.2) is 48.9 Å². The highest BCUT2D eigenvalue weighted by Gasteiger charge is 2.64. The molecule has 1 saturated carbocycles. The fourth-order valence-electron chi connectivity index (χ4n) is 4.72. The summed E-state index contributed by atoms with van der Waals surface area (Å²) in [5, 5.41) is 3.35. The van der Waals surface area contributed by atoms with Crippen LogP contribution in [-0.4, -0.2) is 42.3 Å². The summed E-state index contributed by atoms with van der Waals surface area (Å²) < 4.78 is 20.1. The number of rotatable bonds is 10. The standard InChI is InChI=1S/C25H31N3O3/c1-3-11-29-12-8-26-9-13-30-20-6-7-21-18(2)22-16-25(22,31-23(21)15-20)24-14-19-5-4-10-28(19)17-27-24/h4-7,10,14-15,17-18,22,26H,3,8-9,11-13,16H2,1-2H3. The molecule has 164 valence electrons. The van der Waals surface area contributed by atoms with E-state index in [9.17, 15) is 0 Å². The zero-order chi connectivity index (χ0) is 21.3. The monoisotopic (exact) mass is 421 g/mol. The highest BCUT2D eigenvalue weighted by Crippen LogP contribution is 2.64. The molecule has 3 atom stereocenters. The van der Waals surface area contributed by atoms with Gasteiger partial charge in [0.2, 0.25) is 0 Å². The highest BCUT2D eigenvalue weighted by molar-refractivity contribution is 5.53. The number of hydrogen-bond donors (Lipinski definition) is 1. The molecule has 0 radical (unpaired) electrons. The van der Waals surface area contributed by atoms with E-state index >= 15 is 0 Å². The van der Waals surface area contributed by atoms with Crippen LogP contribution in [0.4, 0.5) is 0 Å². The Kier molecular flexibility index (Phi) is 5.59. The van der Waals surface area contributed by atoms with Gasteiger partial charge in [-0.2, -0.15) is 0 Å². The van der Waals surface area contributed by atoms with E-state index in [1.807, 2.05) is 29.1 Å². The molecule has 1 aliphatic carbocycles. The van der Waals surface area contributed by atoms with Crippen molar-refractivity contribution < 1.29 is 14.2 Å². The molecule has 2 aliphatic rings. The Morgan fingerprint density at radius 3 is 3.00 bits per heavy atom. The topological polar surface area (TPSA) is 57.0 Å². The molecule has 3 unspecified atom stereocenters. The predicted octanol–water partition coefficient (Wildman–Crippen LogP) is 4.14. The molecule has 1 aliphatic heterocycles. The molecule has 1 aromatic carbocycles. The van der Waals surface area contributed by atoms with Crippen LogP contribution >= 0.6 is 0 Å². The molecule has 0 bridgehead atoms. The average molecular weight is 422 g/mol. The first kappa shape index (κ1) is 20.3. The van der Waals surface area contributed by atoms with Gasteiger partial charge in [0, 0.05) is 49.8 Å². The minimum Gasteiger partial charge on any atom is -0.492 e. The zero-order valence-corrected chi connectivity index (χ0v) is 18.3. The first-order valence-corrected chi connectivity index (χ1v) is 11.4. The lowest BCUT2D eigenvalue weighted by Gasteiger charge is -2.30. The molecule has 0 amide bonds. The molecule has 3 heterocycles. The third-order valence-electron chi connectivity index (χ3n) is 6.50. The number of nitrogens with one attached hydrogen (secondary N) is 1. The summed E-state index contributed by atoms with van der Waals surface area (Å²) >= 11 is 0. The van der Waals surface area contributed by atoms with E-state index in [2.05, 4.69) is 43.4 Å². The van der Waals surface area contributed by atoms with Gasteiger partial charge in [-0.25, -0.2) is 4.98 Å². The van der Waals surface area contributed by atoms with Gasteiger partial charge in [0.25, 0.3) is 0 Å². The first-order chi connectivity index (χ1) is 15.2. The molecule has 0 spiro atoms. The van der Waals surface area contributed by atoms with Crippen LogP contribution in [0, 0.1) is 5.92 Å². The van der Waals surface area contributed by atoms with Gasteiger partial charge in [-0.05, 0) is 42.2 Å². The largest absolute Gasteiger partial charge is 0.492 e. The lowest BCUT2D eigenvalue weighted by atomic mass is 9.90. The van der Waals surface area contributed by atoms with Crippen LogP contribution < -0.4 is 14.8 Å². The van der Waals surface area contributed by atoms with Crippen LogP contribution in [-0.2, 0) is 10.3 Å². The molecular formula is C25H31N3O3. The van der Waals surface area contributed by atoms with Crippen LogP contribution in [0.3, 0.4) is 0 Å². The van der Waals surface area contributed by atoms with Gasteiger partial charge < -0.3 is 23.9 Å². The quantitative estimate of drug-likeness (QED) is 0.499. The number of benzene rings is 1.